The molecule has 23 heavy (non-hydrogen) atoms. The number of carbonyl (C=O) groups is 1. The largest absolute Gasteiger partial charge is 0.357 e. The topological polar surface area (TPSA) is 56.7 Å². The lowest BCUT2D eigenvalue weighted by atomic mass is 9.85. The monoisotopic (exact) mass is 324 g/mol. The van der Waals surface area contributed by atoms with Gasteiger partial charge in [0.1, 0.15) is 0 Å². The van der Waals surface area contributed by atoms with Crippen molar-refractivity contribution < 1.29 is 4.79 Å². The molecule has 134 valence electrons. The first kappa shape index (κ1) is 19.8. The van der Waals surface area contributed by atoms with Crippen molar-refractivity contribution in [2.45, 2.75) is 65.2 Å². The first-order chi connectivity index (χ1) is 11.1. The van der Waals surface area contributed by atoms with Gasteiger partial charge in [0.2, 0.25) is 5.91 Å². The Labute approximate surface area is 142 Å². The molecule has 5 nitrogen and oxygen atoms in total. The number of hydrogen-bond acceptors (Lipinski definition) is 2. The first-order valence-corrected chi connectivity index (χ1v) is 9.29. The van der Waals surface area contributed by atoms with E-state index in [0.29, 0.717) is 6.54 Å². The third-order valence-corrected chi connectivity index (χ3v) is 4.63. The van der Waals surface area contributed by atoms with E-state index in [4.69, 9.17) is 4.99 Å². The Balaban J connectivity index is 2.60. The molecule has 0 saturated heterocycles. The van der Waals surface area contributed by atoms with Gasteiger partial charge in [-0.05, 0) is 26.2 Å². The van der Waals surface area contributed by atoms with Crippen LogP contribution in [0.3, 0.4) is 0 Å². The molecule has 5 heteroatoms. The normalized spacial score (nSPS) is 17.1. The third-order valence-electron chi connectivity index (χ3n) is 4.63. The van der Waals surface area contributed by atoms with E-state index < -0.39 is 0 Å². The molecule has 0 heterocycles. The smallest absolute Gasteiger partial charge is 0.230 e. The second kappa shape index (κ2) is 10.5. The van der Waals surface area contributed by atoms with Crippen LogP contribution in [0.25, 0.3) is 0 Å². The number of nitrogens with one attached hydrogen (secondary N) is 2. The number of rotatable bonds is 9. The van der Waals surface area contributed by atoms with Crippen LogP contribution in [0.5, 0.6) is 0 Å². The first-order valence-electron chi connectivity index (χ1n) is 9.29. The molecule has 1 rings (SSSR count). The average Bonchev–Trinajstić information content (AvgIpc) is 3.01. The van der Waals surface area contributed by atoms with Gasteiger partial charge in [0.15, 0.2) is 5.96 Å². The molecule has 1 amide bonds. The predicted octanol–water partition coefficient (Wildman–Crippen LogP) is 2.77. The summed E-state index contributed by atoms with van der Waals surface area (Å²) in [7, 11) is 3.70. The zero-order valence-electron chi connectivity index (χ0n) is 15.6. The predicted molar refractivity (Wildman–Crippen MR) is 97.7 cm³/mol. The summed E-state index contributed by atoms with van der Waals surface area (Å²) in [5.41, 5.74) is -0.284. The Kier molecular flexibility index (Phi) is 9.03. The second-order valence-corrected chi connectivity index (χ2v) is 6.87. The maximum absolute atomic E-state index is 12.6. The quantitative estimate of drug-likeness (QED) is 0.389. The van der Waals surface area contributed by atoms with Gasteiger partial charge >= 0.3 is 0 Å². The van der Waals surface area contributed by atoms with Crippen molar-refractivity contribution in [3.05, 3.63) is 0 Å². The van der Waals surface area contributed by atoms with Crippen molar-refractivity contribution in [3.63, 3.8) is 0 Å². The van der Waals surface area contributed by atoms with Gasteiger partial charge in [0.05, 0.1) is 12.0 Å². The van der Waals surface area contributed by atoms with E-state index in [1.54, 1.807) is 4.90 Å². The standard InChI is InChI=1S/C18H36N4O/c1-5-7-8-11-14-20-17(19-6-2)21-15-18(12-9-10-13-18)16(23)22(3)4/h5-15H2,1-4H3,(H2,19,20,21). The molecule has 1 fully saturated rings. The number of amides is 1. The minimum Gasteiger partial charge on any atom is -0.357 e. The van der Waals surface area contributed by atoms with Crippen molar-refractivity contribution >= 4 is 11.9 Å². The Morgan fingerprint density at radius 2 is 1.78 bits per heavy atom. The van der Waals surface area contributed by atoms with Crippen LogP contribution in [0, 0.1) is 5.41 Å². The minimum absolute atomic E-state index is 0.234. The Hall–Kier alpha value is -1.26. The molecule has 1 aliphatic rings. The van der Waals surface area contributed by atoms with Crippen molar-refractivity contribution in [2.75, 3.05) is 33.7 Å². The van der Waals surface area contributed by atoms with Gasteiger partial charge in [-0.15, -0.1) is 0 Å². The maximum Gasteiger partial charge on any atom is 0.230 e. The van der Waals surface area contributed by atoms with Crippen LogP contribution < -0.4 is 10.6 Å². The highest BCUT2D eigenvalue weighted by Gasteiger charge is 2.41. The average molecular weight is 325 g/mol. The van der Waals surface area contributed by atoms with Crippen molar-refractivity contribution in [2.24, 2.45) is 10.4 Å². The SMILES string of the molecule is CCCCCCNC(=NCC1(C(=O)N(C)C)CCCC1)NCC. The lowest BCUT2D eigenvalue weighted by molar-refractivity contribution is -0.138. The summed E-state index contributed by atoms with van der Waals surface area (Å²) in [6.07, 6.45) is 9.16. The summed E-state index contributed by atoms with van der Waals surface area (Å²) in [5.74, 6) is 1.08. The summed E-state index contributed by atoms with van der Waals surface area (Å²) in [4.78, 5) is 19.0. The Bertz CT molecular complexity index is 373. The molecule has 0 aromatic carbocycles. The molecule has 2 N–H and O–H groups in total. The van der Waals surface area contributed by atoms with Crippen LogP contribution in [-0.2, 0) is 4.79 Å². The number of aliphatic imine (C=N–C) groups is 1. The molecule has 0 aromatic rings. The lowest BCUT2D eigenvalue weighted by Gasteiger charge is -2.29. The van der Waals surface area contributed by atoms with Gasteiger partial charge in [-0.2, -0.15) is 0 Å². The van der Waals surface area contributed by atoms with Gasteiger partial charge < -0.3 is 15.5 Å². The van der Waals surface area contributed by atoms with E-state index in [2.05, 4.69) is 24.5 Å². The van der Waals surface area contributed by atoms with E-state index in [9.17, 15) is 4.79 Å². The van der Waals surface area contributed by atoms with Gasteiger partial charge in [-0.25, -0.2) is 0 Å². The highest BCUT2D eigenvalue weighted by Crippen LogP contribution is 2.39. The third kappa shape index (κ3) is 6.40. The maximum atomic E-state index is 12.6. The minimum atomic E-state index is -0.284. The Morgan fingerprint density at radius 1 is 1.09 bits per heavy atom. The molecule has 0 aliphatic heterocycles. The summed E-state index contributed by atoms with van der Waals surface area (Å²) < 4.78 is 0. The van der Waals surface area contributed by atoms with Crippen molar-refractivity contribution in [1.29, 1.82) is 0 Å². The molecule has 1 saturated carbocycles. The molecular formula is C18H36N4O. The van der Waals surface area contributed by atoms with Crippen LogP contribution in [0.4, 0.5) is 0 Å². The fourth-order valence-electron chi connectivity index (χ4n) is 3.30. The highest BCUT2D eigenvalue weighted by atomic mass is 16.2. The molecule has 0 spiro atoms. The van der Waals surface area contributed by atoms with Crippen molar-refractivity contribution in [1.82, 2.24) is 15.5 Å². The summed E-state index contributed by atoms with van der Waals surface area (Å²) in [6, 6.07) is 0. The number of guanidine groups is 1. The lowest BCUT2D eigenvalue weighted by Crippen LogP contribution is -2.43. The van der Waals surface area contributed by atoms with Crippen LogP contribution >= 0.6 is 0 Å². The number of unbranched alkanes of at least 4 members (excludes halogenated alkanes) is 3. The van der Waals surface area contributed by atoms with Gasteiger partial charge in [-0.1, -0.05) is 39.0 Å². The molecular weight excluding hydrogens is 288 g/mol. The number of nitrogens with zero attached hydrogens (tertiary/aromatic N) is 2. The highest BCUT2D eigenvalue weighted by molar-refractivity contribution is 5.84. The zero-order chi connectivity index (χ0) is 17.1. The summed E-state index contributed by atoms with van der Waals surface area (Å²) >= 11 is 0. The fourth-order valence-corrected chi connectivity index (χ4v) is 3.30. The van der Waals surface area contributed by atoms with Crippen LogP contribution in [0.15, 0.2) is 4.99 Å². The van der Waals surface area contributed by atoms with Crippen LogP contribution in [-0.4, -0.2) is 50.5 Å². The second-order valence-electron chi connectivity index (χ2n) is 6.87. The Morgan fingerprint density at radius 3 is 2.35 bits per heavy atom. The number of carbonyl (C=O) groups excluding carboxylic acids is 1. The zero-order valence-corrected chi connectivity index (χ0v) is 15.6. The van der Waals surface area contributed by atoms with E-state index in [-0.39, 0.29) is 11.3 Å². The van der Waals surface area contributed by atoms with Gasteiger partial charge in [-0.3, -0.25) is 9.79 Å². The van der Waals surface area contributed by atoms with Gasteiger partial charge in [0, 0.05) is 27.2 Å². The number of hydrogen-bond donors (Lipinski definition) is 2. The molecule has 0 bridgehead atoms. The van der Waals surface area contributed by atoms with Crippen molar-refractivity contribution in [3.8, 4) is 0 Å². The molecule has 1 aliphatic carbocycles. The van der Waals surface area contributed by atoms with Crippen LogP contribution in [0.1, 0.15) is 65.2 Å². The van der Waals surface area contributed by atoms with E-state index >= 15 is 0 Å². The summed E-state index contributed by atoms with van der Waals surface area (Å²) in [6.45, 7) is 6.68. The van der Waals surface area contributed by atoms with E-state index in [0.717, 1.165) is 44.7 Å². The fraction of sp³-hybridized carbons (Fsp3) is 0.889. The van der Waals surface area contributed by atoms with E-state index in [1.165, 1.54) is 25.7 Å². The van der Waals surface area contributed by atoms with Crippen LogP contribution in [0.2, 0.25) is 0 Å². The molecule has 0 radical (unpaired) electrons. The molecule has 0 aromatic heterocycles. The summed E-state index contributed by atoms with van der Waals surface area (Å²) in [5, 5.41) is 6.70. The molecule has 0 unspecified atom stereocenters. The molecule has 0 atom stereocenters. The van der Waals surface area contributed by atoms with Gasteiger partial charge in [0.25, 0.3) is 0 Å². The van der Waals surface area contributed by atoms with E-state index in [1.807, 2.05) is 14.1 Å².